The minimum absolute atomic E-state index is 0.00415. The Morgan fingerprint density at radius 3 is 2.25 bits per heavy atom. The summed E-state index contributed by atoms with van der Waals surface area (Å²) in [7, 11) is 3.69. The van der Waals surface area contributed by atoms with Gasteiger partial charge in [0.25, 0.3) is 28.3 Å². The highest BCUT2D eigenvalue weighted by Crippen LogP contribution is 2.53. The van der Waals surface area contributed by atoms with Crippen LogP contribution in [0.15, 0.2) is 47.3 Å². The maximum absolute atomic E-state index is 14.4. The largest absolute Gasteiger partial charge is 0.508 e. The van der Waals surface area contributed by atoms with Crippen LogP contribution >= 0.6 is 0 Å². The van der Waals surface area contributed by atoms with Gasteiger partial charge in [-0.3, -0.25) is 50.0 Å². The van der Waals surface area contributed by atoms with Gasteiger partial charge in [-0.25, -0.2) is 9.78 Å². The Hall–Kier alpha value is -7.68. The topological polar surface area (TPSA) is 284 Å². The first-order chi connectivity index (χ1) is 28.4. The van der Waals surface area contributed by atoms with E-state index in [9.17, 15) is 59.9 Å². The second-order valence-corrected chi connectivity index (χ2v) is 15.0. The van der Waals surface area contributed by atoms with E-state index in [1.807, 2.05) is 25.1 Å². The molecule has 0 radical (unpaired) electrons. The normalized spacial score (nSPS) is 16.3. The fraction of sp³-hybridized carbons (Fsp3) is 0.282. The van der Waals surface area contributed by atoms with Gasteiger partial charge in [-0.2, -0.15) is 0 Å². The van der Waals surface area contributed by atoms with E-state index in [0.29, 0.717) is 52.1 Å². The summed E-state index contributed by atoms with van der Waals surface area (Å²) in [5.41, 5.74) is -5.38. The van der Waals surface area contributed by atoms with Crippen molar-refractivity contribution < 1.29 is 43.9 Å². The van der Waals surface area contributed by atoms with Gasteiger partial charge in [0.05, 0.1) is 77.9 Å². The van der Waals surface area contributed by atoms with Crippen LogP contribution in [0.4, 0.5) is 22.7 Å². The maximum Gasteiger partial charge on any atom is 0.355 e. The molecule has 4 heterocycles. The number of phenolic OH excluding ortho intramolecular Hbond substituents is 1. The molecule has 2 aromatic heterocycles. The average Bonchev–Trinajstić information content (AvgIpc) is 3.76. The molecule has 0 bridgehead atoms. The van der Waals surface area contributed by atoms with Crippen LogP contribution in [0.25, 0.3) is 33.4 Å². The van der Waals surface area contributed by atoms with Crippen LogP contribution in [-0.2, 0) is 50.8 Å². The molecule has 8 rings (SSSR count). The number of non-ortho nitro benzene ring substituents is 1. The number of nitrogens with zero attached hydrogens (tertiary/aromatic N) is 7. The number of rotatable bonds is 10. The van der Waals surface area contributed by atoms with E-state index >= 15 is 0 Å². The Balaban J connectivity index is 1.25. The highest BCUT2D eigenvalue weighted by Gasteiger charge is 2.52. The predicted octanol–water partition coefficient (Wildman–Crippen LogP) is 5.41. The van der Waals surface area contributed by atoms with Gasteiger partial charge in [0, 0.05) is 40.3 Å². The number of carbonyl (C=O) groups is 2. The molecule has 5 aromatic rings. The zero-order valence-electron chi connectivity index (χ0n) is 32.0. The lowest BCUT2D eigenvalue weighted by Gasteiger charge is -2.36. The van der Waals surface area contributed by atoms with Gasteiger partial charge in [-0.1, -0.05) is 6.92 Å². The summed E-state index contributed by atoms with van der Waals surface area (Å²) in [6, 6.07) is 8.63. The number of ether oxygens (including phenoxy) is 2. The average molecular weight is 822 g/mol. The Labute approximate surface area is 336 Å². The van der Waals surface area contributed by atoms with Gasteiger partial charge in [0.15, 0.2) is 0 Å². The summed E-state index contributed by atoms with van der Waals surface area (Å²) in [5, 5.41) is 60.1. The van der Waals surface area contributed by atoms with Crippen molar-refractivity contribution in [2.24, 2.45) is 0 Å². The third-order valence-electron chi connectivity index (χ3n) is 11.3. The standard InChI is InChI=1S/C39H31N7O14/c1-5-39(25-12-30-35-19(14-42(30)36(48)24(25)16-59-38(39)50)10-21-23(15-41(3)4)31(47)7-6-26(21)40-35)60-37(49)17(2)32-22-9-18-8-20(43(51)52)11-27(44(53)54)33(18)34(22)29(46(57)58)13-28(32)45(55)56/h6-8,10-13,17,47H,5,9,14-16H2,1-4H3/t17-,39+/m1/s1. The van der Waals surface area contributed by atoms with Crippen LogP contribution in [0, 0.1) is 40.5 Å². The maximum atomic E-state index is 14.4. The minimum Gasteiger partial charge on any atom is -0.508 e. The molecule has 0 saturated carbocycles. The number of nitro groups is 4. The zero-order valence-corrected chi connectivity index (χ0v) is 32.0. The van der Waals surface area contributed by atoms with Gasteiger partial charge in [0.1, 0.15) is 12.4 Å². The first kappa shape index (κ1) is 39.2. The summed E-state index contributed by atoms with van der Waals surface area (Å²) in [6.07, 6.45) is -0.792. The summed E-state index contributed by atoms with van der Waals surface area (Å²) in [6.45, 7) is 2.68. The number of aromatic hydroxyl groups is 1. The van der Waals surface area contributed by atoms with Crippen molar-refractivity contribution in [3.05, 3.63) is 132 Å². The smallest absolute Gasteiger partial charge is 0.355 e. The summed E-state index contributed by atoms with van der Waals surface area (Å²) < 4.78 is 12.9. The number of fused-ring (bicyclic) bond motifs is 8. The molecule has 0 saturated heterocycles. The second kappa shape index (κ2) is 13.7. The Morgan fingerprint density at radius 1 is 0.933 bits per heavy atom. The molecule has 0 amide bonds. The molecular formula is C39H31N7O14. The molecule has 1 aliphatic carbocycles. The number of aromatic nitrogens is 2. The number of cyclic esters (lactones) is 1. The summed E-state index contributed by atoms with van der Waals surface area (Å²) >= 11 is 0. The van der Waals surface area contributed by atoms with Crippen molar-refractivity contribution in [3.63, 3.8) is 0 Å². The summed E-state index contributed by atoms with van der Waals surface area (Å²) in [5.74, 6) is -3.92. The van der Waals surface area contributed by atoms with Crippen molar-refractivity contribution in [1.82, 2.24) is 14.5 Å². The molecular weight excluding hydrogens is 790 g/mol. The van der Waals surface area contributed by atoms with Gasteiger partial charge in [0.2, 0.25) is 5.60 Å². The fourth-order valence-corrected chi connectivity index (χ4v) is 8.62. The lowest BCUT2D eigenvalue weighted by molar-refractivity contribution is -0.395. The molecule has 1 N–H and O–H groups in total. The van der Waals surface area contributed by atoms with E-state index < -0.39 is 95.6 Å². The van der Waals surface area contributed by atoms with E-state index in [1.54, 1.807) is 6.07 Å². The molecule has 2 aliphatic heterocycles. The molecule has 60 heavy (non-hydrogen) atoms. The SMILES string of the molecule is CC[C@@]1(OC(=O)[C@H](C)c2c([N+](=O)[O-])cc([N+](=O)[O-])c3c2Cc2cc([N+](=O)[O-])cc([N+](=O)[O-])c2-3)C(=O)OCc2c1cc1n(c2=O)Cc2cc3c(CN(C)C)c(O)ccc3nc2-1. The second-order valence-electron chi connectivity index (χ2n) is 15.0. The van der Waals surface area contributed by atoms with Crippen molar-refractivity contribution in [2.45, 2.75) is 57.9 Å². The Bertz CT molecular complexity index is 2920. The third-order valence-corrected chi connectivity index (χ3v) is 11.3. The number of benzene rings is 3. The van der Waals surface area contributed by atoms with Crippen LogP contribution in [0.1, 0.15) is 65.1 Å². The van der Waals surface area contributed by atoms with Crippen molar-refractivity contribution in [2.75, 3.05) is 14.1 Å². The quantitative estimate of drug-likeness (QED) is 0.103. The van der Waals surface area contributed by atoms with E-state index in [1.165, 1.54) is 30.5 Å². The number of nitro benzene ring substituents is 4. The first-order valence-electron chi connectivity index (χ1n) is 18.3. The Kier molecular flexibility index (Phi) is 8.95. The minimum atomic E-state index is -2.28. The number of hydrogen-bond acceptors (Lipinski definition) is 16. The molecule has 3 aromatic carbocycles. The van der Waals surface area contributed by atoms with Gasteiger partial charge < -0.3 is 24.0 Å². The number of carbonyl (C=O) groups excluding carboxylic acids is 2. The predicted molar refractivity (Wildman–Crippen MR) is 207 cm³/mol. The number of phenols is 1. The molecule has 21 nitrogen and oxygen atoms in total. The van der Waals surface area contributed by atoms with Gasteiger partial charge >= 0.3 is 11.9 Å². The highest BCUT2D eigenvalue weighted by molar-refractivity contribution is 5.96. The van der Waals surface area contributed by atoms with Gasteiger partial charge in [-0.05, 0) is 69.3 Å². The molecule has 21 heteroatoms. The molecule has 0 spiro atoms. The number of hydrogen-bond donors (Lipinski definition) is 1. The zero-order chi connectivity index (χ0) is 43.3. The van der Waals surface area contributed by atoms with Crippen LogP contribution in [0.2, 0.25) is 0 Å². The van der Waals surface area contributed by atoms with Crippen LogP contribution in [0.3, 0.4) is 0 Å². The molecule has 0 fully saturated rings. The molecule has 3 aliphatic rings. The van der Waals surface area contributed by atoms with Gasteiger partial charge in [-0.15, -0.1) is 0 Å². The molecule has 306 valence electrons. The molecule has 0 unspecified atom stereocenters. The van der Waals surface area contributed by atoms with Crippen LogP contribution in [-0.4, -0.2) is 65.3 Å². The summed E-state index contributed by atoms with van der Waals surface area (Å²) in [4.78, 5) is 94.1. The highest BCUT2D eigenvalue weighted by atomic mass is 16.6. The number of esters is 2. The lowest BCUT2D eigenvalue weighted by atomic mass is 9.84. The van der Waals surface area contributed by atoms with E-state index in [-0.39, 0.29) is 46.5 Å². The first-order valence-corrected chi connectivity index (χ1v) is 18.3. The fourth-order valence-electron chi connectivity index (χ4n) is 8.62. The Morgan fingerprint density at radius 2 is 1.62 bits per heavy atom. The van der Waals surface area contributed by atoms with E-state index in [2.05, 4.69) is 0 Å². The molecule has 2 atom stereocenters. The number of pyridine rings is 2. The van der Waals surface area contributed by atoms with Crippen molar-refractivity contribution >= 4 is 45.6 Å². The van der Waals surface area contributed by atoms with Crippen molar-refractivity contribution in [3.8, 4) is 28.3 Å². The van der Waals surface area contributed by atoms with E-state index in [0.717, 1.165) is 6.07 Å². The van der Waals surface area contributed by atoms with Crippen LogP contribution < -0.4 is 5.56 Å². The van der Waals surface area contributed by atoms with E-state index in [4.69, 9.17) is 14.5 Å². The third kappa shape index (κ3) is 5.72. The van der Waals surface area contributed by atoms with Crippen molar-refractivity contribution in [1.29, 1.82) is 0 Å². The monoisotopic (exact) mass is 821 g/mol. The van der Waals surface area contributed by atoms with Crippen LogP contribution in [0.5, 0.6) is 5.75 Å². The lowest BCUT2D eigenvalue weighted by Crippen LogP contribution is -2.48.